The molecule has 1 amide bonds. The van der Waals surface area contributed by atoms with Gasteiger partial charge in [0.25, 0.3) is 5.91 Å². The minimum atomic E-state index is -3.01. The summed E-state index contributed by atoms with van der Waals surface area (Å²) in [5.74, 6) is 0.225. The number of sulfone groups is 1. The van der Waals surface area contributed by atoms with Gasteiger partial charge in [-0.25, -0.2) is 8.42 Å². The first kappa shape index (κ1) is 17.4. The zero-order chi connectivity index (χ0) is 17.5. The fourth-order valence-electron chi connectivity index (χ4n) is 3.25. The first-order chi connectivity index (χ1) is 11.3. The lowest BCUT2D eigenvalue weighted by Crippen LogP contribution is -2.41. The molecule has 0 aliphatic carbocycles. The Morgan fingerprint density at radius 2 is 2.25 bits per heavy atom. The molecule has 0 saturated carbocycles. The van der Waals surface area contributed by atoms with Crippen LogP contribution < -0.4 is 0 Å². The van der Waals surface area contributed by atoms with Crippen molar-refractivity contribution in [3.63, 3.8) is 0 Å². The van der Waals surface area contributed by atoms with Crippen molar-refractivity contribution in [2.45, 2.75) is 39.2 Å². The van der Waals surface area contributed by atoms with Gasteiger partial charge in [0.05, 0.1) is 22.1 Å². The largest absolute Gasteiger partial charge is 0.334 e. The maximum Gasteiger partial charge on any atom is 0.264 e. The summed E-state index contributed by atoms with van der Waals surface area (Å²) in [6, 6.07) is 1.70. The summed E-state index contributed by atoms with van der Waals surface area (Å²) >= 11 is 1.43. The van der Waals surface area contributed by atoms with Crippen molar-refractivity contribution in [1.29, 1.82) is 0 Å². The number of unbranched alkanes of at least 4 members (excludes halogenated alkanes) is 1. The number of aryl methyl sites for hydroxylation is 2. The van der Waals surface area contributed by atoms with E-state index in [0.29, 0.717) is 17.8 Å². The summed E-state index contributed by atoms with van der Waals surface area (Å²) in [5, 5.41) is 5.36. The van der Waals surface area contributed by atoms with Gasteiger partial charge < -0.3 is 4.90 Å². The molecule has 0 bridgehead atoms. The van der Waals surface area contributed by atoms with E-state index in [1.807, 2.05) is 20.0 Å². The summed E-state index contributed by atoms with van der Waals surface area (Å²) in [6.45, 7) is 4.62. The second-order valence-corrected chi connectivity index (χ2v) is 9.71. The van der Waals surface area contributed by atoms with Crippen LogP contribution in [-0.4, -0.2) is 53.1 Å². The lowest BCUT2D eigenvalue weighted by molar-refractivity contribution is 0.0699. The molecular weight excluding hydrogens is 346 g/mol. The van der Waals surface area contributed by atoms with Crippen molar-refractivity contribution in [1.82, 2.24) is 14.7 Å². The van der Waals surface area contributed by atoms with Gasteiger partial charge in [-0.1, -0.05) is 13.3 Å². The van der Waals surface area contributed by atoms with E-state index in [0.717, 1.165) is 28.8 Å². The maximum absolute atomic E-state index is 13.1. The third kappa shape index (κ3) is 3.21. The lowest BCUT2D eigenvalue weighted by atomic mass is 10.2. The normalized spacial score (nSPS) is 19.9. The van der Waals surface area contributed by atoms with Crippen molar-refractivity contribution in [2.24, 2.45) is 7.05 Å². The summed E-state index contributed by atoms with van der Waals surface area (Å²) in [6.07, 6.45) is 2.40. The van der Waals surface area contributed by atoms with Gasteiger partial charge in [0, 0.05) is 25.0 Å². The molecule has 1 atom stereocenters. The summed E-state index contributed by atoms with van der Waals surface area (Å²) in [5.41, 5.74) is 0.909. The predicted molar refractivity (Wildman–Crippen MR) is 96.3 cm³/mol. The van der Waals surface area contributed by atoms with Crippen LogP contribution >= 0.6 is 11.3 Å². The zero-order valence-electron chi connectivity index (χ0n) is 14.3. The molecule has 0 spiro atoms. The van der Waals surface area contributed by atoms with E-state index in [-0.39, 0.29) is 23.5 Å². The van der Waals surface area contributed by atoms with Gasteiger partial charge in [0.1, 0.15) is 4.83 Å². The number of hydrogen-bond donors (Lipinski definition) is 0. The highest BCUT2D eigenvalue weighted by atomic mass is 32.2. The van der Waals surface area contributed by atoms with Crippen LogP contribution in [0.15, 0.2) is 6.07 Å². The van der Waals surface area contributed by atoms with Crippen LogP contribution in [0.3, 0.4) is 0 Å². The van der Waals surface area contributed by atoms with Crippen LogP contribution in [0.1, 0.15) is 41.6 Å². The predicted octanol–water partition coefficient (Wildman–Crippen LogP) is 2.37. The summed E-state index contributed by atoms with van der Waals surface area (Å²) in [4.78, 5) is 16.5. The highest BCUT2D eigenvalue weighted by Crippen LogP contribution is 2.30. The highest BCUT2D eigenvalue weighted by molar-refractivity contribution is 7.91. The Kier molecular flexibility index (Phi) is 4.70. The van der Waals surface area contributed by atoms with Crippen LogP contribution in [0, 0.1) is 6.92 Å². The third-order valence-electron chi connectivity index (χ3n) is 4.57. The molecule has 3 rings (SSSR count). The number of fused-ring (bicyclic) bond motifs is 1. The molecular formula is C16H23N3O3S2. The molecule has 6 nitrogen and oxygen atoms in total. The van der Waals surface area contributed by atoms with Crippen LogP contribution in [-0.2, 0) is 16.9 Å². The Hall–Kier alpha value is -1.41. The van der Waals surface area contributed by atoms with Crippen LogP contribution in [0.4, 0.5) is 0 Å². The molecule has 1 unspecified atom stereocenters. The molecule has 1 fully saturated rings. The SMILES string of the molecule is CCCCN(C(=O)c1cc2c(C)nn(C)c2s1)C1CCS(=O)(=O)C1. The smallest absolute Gasteiger partial charge is 0.264 e. The molecule has 1 saturated heterocycles. The standard InChI is InChI=1S/C16H23N3O3S2/c1-4-5-7-19(12-6-8-24(21,22)10-12)15(20)14-9-13-11(2)17-18(3)16(13)23-14/h9,12H,4-8,10H2,1-3H3. The Morgan fingerprint density at radius 1 is 1.50 bits per heavy atom. The van der Waals surface area contributed by atoms with Crippen molar-refractivity contribution in [3.8, 4) is 0 Å². The number of rotatable bonds is 5. The van der Waals surface area contributed by atoms with E-state index in [9.17, 15) is 13.2 Å². The molecule has 3 heterocycles. The van der Waals surface area contributed by atoms with Gasteiger partial charge in [-0.2, -0.15) is 5.10 Å². The number of hydrogen-bond acceptors (Lipinski definition) is 5. The maximum atomic E-state index is 13.1. The number of thiophene rings is 1. The molecule has 0 N–H and O–H groups in total. The first-order valence-corrected chi connectivity index (χ1v) is 10.9. The van der Waals surface area contributed by atoms with Crippen LogP contribution in [0.25, 0.3) is 10.2 Å². The highest BCUT2D eigenvalue weighted by Gasteiger charge is 2.35. The molecule has 0 aromatic carbocycles. The van der Waals surface area contributed by atoms with Gasteiger partial charge in [0.2, 0.25) is 0 Å². The van der Waals surface area contributed by atoms with Crippen LogP contribution in [0.2, 0.25) is 0 Å². The van der Waals surface area contributed by atoms with Crippen molar-refractivity contribution in [2.75, 3.05) is 18.1 Å². The van der Waals surface area contributed by atoms with E-state index >= 15 is 0 Å². The van der Waals surface area contributed by atoms with Crippen molar-refractivity contribution >= 4 is 37.3 Å². The van der Waals surface area contributed by atoms with E-state index in [1.54, 1.807) is 9.58 Å². The van der Waals surface area contributed by atoms with Gasteiger partial charge in [-0.15, -0.1) is 11.3 Å². The average molecular weight is 370 g/mol. The lowest BCUT2D eigenvalue weighted by Gasteiger charge is -2.27. The summed E-state index contributed by atoms with van der Waals surface area (Å²) in [7, 11) is -1.14. The fraction of sp³-hybridized carbons (Fsp3) is 0.625. The van der Waals surface area contributed by atoms with Gasteiger partial charge in [-0.3, -0.25) is 9.48 Å². The van der Waals surface area contributed by atoms with Gasteiger partial charge in [-0.05, 0) is 25.8 Å². The molecule has 2 aromatic heterocycles. The second-order valence-electron chi connectivity index (χ2n) is 6.45. The monoisotopic (exact) mass is 369 g/mol. The molecule has 132 valence electrons. The topological polar surface area (TPSA) is 72.3 Å². The number of nitrogens with zero attached hydrogens (tertiary/aromatic N) is 3. The number of carbonyl (C=O) groups is 1. The molecule has 8 heteroatoms. The fourth-order valence-corrected chi connectivity index (χ4v) is 6.06. The number of carbonyl (C=O) groups excluding carboxylic acids is 1. The minimum absolute atomic E-state index is 0.0499. The Labute approximate surface area is 146 Å². The van der Waals surface area contributed by atoms with E-state index in [1.165, 1.54) is 11.3 Å². The van der Waals surface area contributed by atoms with E-state index in [4.69, 9.17) is 0 Å². The van der Waals surface area contributed by atoms with Crippen molar-refractivity contribution < 1.29 is 13.2 Å². The first-order valence-electron chi connectivity index (χ1n) is 8.27. The van der Waals surface area contributed by atoms with Gasteiger partial charge >= 0.3 is 0 Å². The minimum Gasteiger partial charge on any atom is -0.334 e. The van der Waals surface area contributed by atoms with E-state index < -0.39 is 9.84 Å². The third-order valence-corrected chi connectivity index (χ3v) is 7.51. The molecule has 0 radical (unpaired) electrons. The molecule has 24 heavy (non-hydrogen) atoms. The zero-order valence-corrected chi connectivity index (χ0v) is 15.9. The Balaban J connectivity index is 1.90. The molecule has 2 aromatic rings. The number of amides is 1. The Morgan fingerprint density at radius 3 is 2.83 bits per heavy atom. The van der Waals surface area contributed by atoms with Crippen LogP contribution in [0.5, 0.6) is 0 Å². The second kappa shape index (κ2) is 6.48. The average Bonchev–Trinajstić information content (AvgIpc) is 3.17. The van der Waals surface area contributed by atoms with E-state index in [2.05, 4.69) is 12.0 Å². The molecule has 1 aliphatic rings. The van der Waals surface area contributed by atoms with Crippen molar-refractivity contribution in [3.05, 3.63) is 16.6 Å². The van der Waals surface area contributed by atoms with Gasteiger partial charge in [0.15, 0.2) is 9.84 Å². The number of aromatic nitrogens is 2. The Bertz CT molecular complexity index is 832. The molecule has 1 aliphatic heterocycles. The quantitative estimate of drug-likeness (QED) is 0.811. The summed E-state index contributed by atoms with van der Waals surface area (Å²) < 4.78 is 25.4.